The molecule has 4 heteroatoms. The molecule has 0 unspecified atom stereocenters. The molecule has 0 fully saturated rings. The van der Waals surface area contributed by atoms with Crippen LogP contribution < -0.4 is 0 Å². The molecule has 0 bridgehead atoms. The molecule has 2 aromatic heterocycles. The van der Waals surface area contributed by atoms with Crippen LogP contribution in [0, 0.1) is 17.1 Å². The van der Waals surface area contributed by atoms with Gasteiger partial charge in [-0.3, -0.25) is 0 Å². The van der Waals surface area contributed by atoms with Gasteiger partial charge in [-0.25, -0.2) is 4.39 Å². The van der Waals surface area contributed by atoms with Gasteiger partial charge in [-0.05, 0) is 111 Å². The van der Waals surface area contributed by atoms with Gasteiger partial charge in [0, 0.05) is 27.1 Å². The number of halogens is 1. The normalized spacial score (nSPS) is 11.4. The standard InChI is InChI=1S/C61H38FN3/c62-50-37-59(64-55-31-27-46(41-13-5-1-6-14-41)33-53(55)51-29-25-48(35-57(51)64)43-17-9-3-10-18-43)61(45-23-21-40(39-63)22-24-45)60(38-50)65-56-32-28-47(42-15-7-2-8-16-42)34-54(56)52-30-26-49(36-58(52)65)44-19-11-4-12-20-44/h1-38H. The van der Waals surface area contributed by atoms with Crippen molar-refractivity contribution in [3.05, 3.63) is 242 Å². The van der Waals surface area contributed by atoms with Crippen molar-refractivity contribution in [2.45, 2.75) is 0 Å². The topological polar surface area (TPSA) is 33.6 Å². The van der Waals surface area contributed by atoms with Gasteiger partial charge in [0.05, 0.1) is 45.1 Å². The Morgan fingerprint density at radius 3 is 1.05 bits per heavy atom. The third-order valence-electron chi connectivity index (χ3n) is 12.8. The largest absolute Gasteiger partial charge is 0.308 e. The highest BCUT2D eigenvalue weighted by molar-refractivity contribution is 6.14. The van der Waals surface area contributed by atoms with E-state index in [2.05, 4.69) is 185 Å². The van der Waals surface area contributed by atoms with Crippen LogP contribution in [-0.4, -0.2) is 9.13 Å². The van der Waals surface area contributed by atoms with Crippen LogP contribution in [0.25, 0.3) is 111 Å². The molecule has 0 spiro atoms. The number of fused-ring (bicyclic) bond motifs is 6. The molecule has 0 amide bonds. The molecular formula is C61H38FN3. The van der Waals surface area contributed by atoms with Crippen LogP contribution in [0.3, 0.4) is 0 Å². The molecule has 0 aliphatic heterocycles. The third-order valence-corrected chi connectivity index (χ3v) is 12.8. The molecule has 304 valence electrons. The van der Waals surface area contributed by atoms with Crippen LogP contribution in [0.4, 0.5) is 4.39 Å². The summed E-state index contributed by atoms with van der Waals surface area (Å²) in [5, 5.41) is 14.2. The molecule has 12 aromatic rings. The zero-order valence-electron chi connectivity index (χ0n) is 35.2. The highest BCUT2D eigenvalue weighted by Gasteiger charge is 2.24. The first-order valence-electron chi connectivity index (χ1n) is 21.8. The first-order valence-corrected chi connectivity index (χ1v) is 21.8. The van der Waals surface area contributed by atoms with E-state index in [1.54, 1.807) is 12.1 Å². The molecule has 0 N–H and O–H groups in total. The zero-order chi connectivity index (χ0) is 43.4. The maximum Gasteiger partial charge on any atom is 0.127 e. The van der Waals surface area contributed by atoms with Gasteiger partial charge in [0.2, 0.25) is 0 Å². The van der Waals surface area contributed by atoms with Crippen LogP contribution in [-0.2, 0) is 0 Å². The summed E-state index contributed by atoms with van der Waals surface area (Å²) in [6.45, 7) is 0. The minimum atomic E-state index is -0.363. The molecule has 0 saturated carbocycles. The van der Waals surface area contributed by atoms with E-state index in [1.165, 1.54) is 0 Å². The van der Waals surface area contributed by atoms with Gasteiger partial charge in [0.25, 0.3) is 0 Å². The Balaban J connectivity index is 1.21. The van der Waals surface area contributed by atoms with Gasteiger partial charge in [0.1, 0.15) is 5.82 Å². The first kappa shape index (κ1) is 37.9. The molecule has 0 saturated heterocycles. The lowest BCUT2D eigenvalue weighted by Crippen LogP contribution is -2.05. The van der Waals surface area contributed by atoms with E-state index in [0.717, 1.165) is 99.2 Å². The Morgan fingerprint density at radius 2 is 0.662 bits per heavy atom. The fraction of sp³-hybridized carbons (Fsp3) is 0. The Hall–Kier alpha value is -8.78. The zero-order valence-corrected chi connectivity index (χ0v) is 35.2. The molecule has 2 heterocycles. The Morgan fingerprint density at radius 1 is 0.308 bits per heavy atom. The number of nitriles is 1. The Labute approximate surface area is 375 Å². The third kappa shape index (κ3) is 6.49. The molecule has 0 aliphatic carbocycles. The lowest BCUT2D eigenvalue weighted by Gasteiger charge is -2.21. The van der Waals surface area contributed by atoms with Crippen LogP contribution in [0.1, 0.15) is 5.56 Å². The summed E-state index contributed by atoms with van der Waals surface area (Å²) in [4.78, 5) is 0. The van der Waals surface area contributed by atoms with E-state index < -0.39 is 0 Å². The van der Waals surface area contributed by atoms with Crippen molar-refractivity contribution in [2.75, 3.05) is 0 Å². The van der Waals surface area contributed by atoms with E-state index in [9.17, 15) is 5.26 Å². The Kier molecular flexibility index (Phi) is 9.07. The number of rotatable bonds is 7. The predicted octanol–water partition coefficient (Wildman–Crippen LogP) is 16.2. The summed E-state index contributed by atoms with van der Waals surface area (Å²) in [6, 6.07) is 81.4. The first-order chi connectivity index (χ1) is 32.1. The second kappa shape index (κ2) is 15.5. The van der Waals surface area contributed by atoms with E-state index in [-0.39, 0.29) is 5.82 Å². The number of nitrogens with zero attached hydrogens (tertiary/aromatic N) is 3. The van der Waals surface area contributed by atoms with Gasteiger partial charge < -0.3 is 9.13 Å². The molecule has 0 aliphatic rings. The summed E-state index contributed by atoms with van der Waals surface area (Å²) in [7, 11) is 0. The highest BCUT2D eigenvalue weighted by atomic mass is 19.1. The number of aromatic nitrogens is 2. The van der Waals surface area contributed by atoms with Crippen molar-refractivity contribution < 1.29 is 4.39 Å². The molecular weight excluding hydrogens is 794 g/mol. The van der Waals surface area contributed by atoms with E-state index in [1.807, 2.05) is 48.5 Å². The lowest BCUT2D eigenvalue weighted by atomic mass is 9.98. The second-order valence-electron chi connectivity index (χ2n) is 16.6. The maximum absolute atomic E-state index is 17.2. The molecule has 3 nitrogen and oxygen atoms in total. The maximum atomic E-state index is 17.2. The molecule has 0 atom stereocenters. The fourth-order valence-corrected chi connectivity index (χ4v) is 9.74. The highest BCUT2D eigenvalue weighted by Crippen LogP contribution is 2.45. The van der Waals surface area contributed by atoms with Gasteiger partial charge in [-0.15, -0.1) is 0 Å². The fourth-order valence-electron chi connectivity index (χ4n) is 9.74. The summed E-state index contributed by atoms with van der Waals surface area (Å²) in [5.41, 5.74) is 16.2. The minimum absolute atomic E-state index is 0.363. The quantitative estimate of drug-likeness (QED) is 0.157. The number of benzene rings is 10. The van der Waals surface area contributed by atoms with Gasteiger partial charge >= 0.3 is 0 Å². The van der Waals surface area contributed by atoms with Gasteiger partial charge in [-0.2, -0.15) is 5.26 Å². The lowest BCUT2D eigenvalue weighted by molar-refractivity contribution is 0.626. The summed E-state index contributed by atoms with van der Waals surface area (Å²) in [6.07, 6.45) is 0. The van der Waals surface area contributed by atoms with Crippen molar-refractivity contribution in [2.24, 2.45) is 0 Å². The Bertz CT molecular complexity index is 3580. The summed E-state index contributed by atoms with van der Waals surface area (Å²) >= 11 is 0. The van der Waals surface area contributed by atoms with Crippen molar-refractivity contribution >= 4 is 43.6 Å². The van der Waals surface area contributed by atoms with Crippen molar-refractivity contribution in [3.63, 3.8) is 0 Å². The SMILES string of the molecule is N#Cc1ccc(-c2c(-n3c4ccc(-c5ccccc5)cc4c4ccc(-c5ccccc5)cc43)cc(F)cc2-n2c3ccc(-c4ccccc4)cc3c3ccc(-c4ccccc4)cc32)cc1. The van der Waals surface area contributed by atoms with Gasteiger partial charge in [-0.1, -0.05) is 170 Å². The van der Waals surface area contributed by atoms with Crippen molar-refractivity contribution in [1.82, 2.24) is 9.13 Å². The van der Waals surface area contributed by atoms with Crippen molar-refractivity contribution in [1.29, 1.82) is 5.26 Å². The van der Waals surface area contributed by atoms with Gasteiger partial charge in [0.15, 0.2) is 0 Å². The second-order valence-corrected chi connectivity index (χ2v) is 16.6. The van der Waals surface area contributed by atoms with Crippen LogP contribution in [0.5, 0.6) is 0 Å². The number of hydrogen-bond acceptors (Lipinski definition) is 1. The van der Waals surface area contributed by atoms with Crippen LogP contribution in [0.2, 0.25) is 0 Å². The average Bonchev–Trinajstić information content (AvgIpc) is 3.88. The molecule has 0 radical (unpaired) electrons. The monoisotopic (exact) mass is 831 g/mol. The molecule has 10 aromatic carbocycles. The minimum Gasteiger partial charge on any atom is -0.308 e. The number of hydrogen-bond donors (Lipinski definition) is 0. The van der Waals surface area contributed by atoms with Crippen LogP contribution >= 0.6 is 0 Å². The van der Waals surface area contributed by atoms with E-state index >= 15 is 4.39 Å². The smallest absolute Gasteiger partial charge is 0.127 e. The molecule has 12 rings (SSSR count). The van der Waals surface area contributed by atoms with Crippen molar-refractivity contribution in [3.8, 4) is 73.1 Å². The summed E-state index contributed by atoms with van der Waals surface area (Å²) in [5.74, 6) is -0.363. The van der Waals surface area contributed by atoms with E-state index in [4.69, 9.17) is 0 Å². The van der Waals surface area contributed by atoms with E-state index in [0.29, 0.717) is 16.9 Å². The average molecular weight is 832 g/mol. The molecule has 65 heavy (non-hydrogen) atoms. The summed E-state index contributed by atoms with van der Waals surface area (Å²) < 4.78 is 21.7. The predicted molar refractivity (Wildman–Crippen MR) is 267 cm³/mol. The van der Waals surface area contributed by atoms with Crippen LogP contribution in [0.15, 0.2) is 231 Å².